The van der Waals surface area contributed by atoms with Gasteiger partial charge >= 0.3 is 0 Å². The summed E-state index contributed by atoms with van der Waals surface area (Å²) in [4.78, 5) is 4.76. The van der Waals surface area contributed by atoms with E-state index in [4.69, 9.17) is 14.3 Å². The van der Waals surface area contributed by atoms with Gasteiger partial charge in [0.1, 0.15) is 11.5 Å². The summed E-state index contributed by atoms with van der Waals surface area (Å²) in [6.07, 6.45) is 3.10. The van der Waals surface area contributed by atoms with E-state index < -0.39 is 0 Å². The number of hydrogen-bond donors (Lipinski definition) is 2. The van der Waals surface area contributed by atoms with Gasteiger partial charge in [0, 0.05) is 24.2 Å². The second-order valence-corrected chi connectivity index (χ2v) is 7.48. The van der Waals surface area contributed by atoms with Gasteiger partial charge in [0.15, 0.2) is 5.96 Å². The number of nitrogens with one attached hydrogen (secondary N) is 2. The number of halogens is 1. The normalized spacial score (nSPS) is 12.3. The highest BCUT2D eigenvalue weighted by atomic mass is 127. The van der Waals surface area contributed by atoms with Crippen molar-refractivity contribution in [3.05, 3.63) is 46.3 Å². The van der Waals surface area contributed by atoms with Crippen LogP contribution in [0.5, 0.6) is 5.75 Å². The Morgan fingerprint density at radius 2 is 1.97 bits per heavy atom. The number of benzene rings is 1. The minimum atomic E-state index is 0. The van der Waals surface area contributed by atoms with Crippen LogP contribution < -0.4 is 15.4 Å². The fourth-order valence-electron chi connectivity index (χ4n) is 3.04. The summed E-state index contributed by atoms with van der Waals surface area (Å²) in [5, 5.41) is 10.8. The van der Waals surface area contributed by atoms with Gasteiger partial charge in [-0.3, -0.25) is 0 Å². The molecule has 0 spiro atoms. The van der Waals surface area contributed by atoms with Gasteiger partial charge in [0.2, 0.25) is 0 Å². The monoisotopic (exact) mass is 528 g/mol. The summed E-state index contributed by atoms with van der Waals surface area (Å²) >= 11 is 0. The van der Waals surface area contributed by atoms with E-state index in [1.807, 2.05) is 13.8 Å². The predicted octanol–water partition coefficient (Wildman–Crippen LogP) is 5.08. The molecule has 0 saturated carbocycles. The minimum absolute atomic E-state index is 0. The van der Waals surface area contributed by atoms with Crippen LogP contribution in [0.2, 0.25) is 0 Å². The predicted molar refractivity (Wildman–Crippen MR) is 134 cm³/mol. The average molecular weight is 528 g/mol. The molecule has 0 saturated heterocycles. The van der Waals surface area contributed by atoms with Crippen LogP contribution in [0.15, 0.2) is 27.7 Å². The molecule has 0 radical (unpaired) electrons. The molecule has 1 unspecified atom stereocenters. The third-order valence-corrected chi connectivity index (χ3v) is 4.95. The topological polar surface area (TPSA) is 71.7 Å². The van der Waals surface area contributed by atoms with Gasteiger partial charge in [-0.1, -0.05) is 24.2 Å². The van der Waals surface area contributed by atoms with Crippen molar-refractivity contribution in [2.45, 2.75) is 73.5 Å². The highest BCUT2D eigenvalue weighted by Gasteiger charge is 2.10. The van der Waals surface area contributed by atoms with Crippen molar-refractivity contribution >= 4 is 29.9 Å². The molecule has 7 heteroatoms. The number of aromatic nitrogens is 1. The Kier molecular flexibility index (Phi) is 11.8. The fraction of sp³-hybridized carbons (Fsp3) is 0.565. The third kappa shape index (κ3) is 8.16. The molecule has 2 rings (SSSR count). The van der Waals surface area contributed by atoms with E-state index in [9.17, 15) is 0 Å². The molecule has 2 N–H and O–H groups in total. The summed E-state index contributed by atoms with van der Waals surface area (Å²) in [5.41, 5.74) is 4.49. The Bertz CT molecular complexity index is 785. The van der Waals surface area contributed by atoms with E-state index in [0.717, 1.165) is 61.1 Å². The number of hydrogen-bond acceptors (Lipinski definition) is 4. The van der Waals surface area contributed by atoms with E-state index in [-0.39, 0.29) is 30.1 Å². The Labute approximate surface area is 198 Å². The maximum atomic E-state index is 6.11. The zero-order valence-corrected chi connectivity index (χ0v) is 21.5. The highest BCUT2D eigenvalue weighted by molar-refractivity contribution is 14.0. The molecule has 6 nitrogen and oxygen atoms in total. The lowest BCUT2D eigenvalue weighted by atomic mass is 10.1. The number of guanidine groups is 1. The Morgan fingerprint density at radius 3 is 2.60 bits per heavy atom. The SMILES string of the molecule is CCNC(=NCc1ccc(C)cc1OC(C)CC)NCCCc1c(C)noc1C.I. The number of rotatable bonds is 10. The van der Waals surface area contributed by atoms with Gasteiger partial charge in [-0.05, 0) is 65.5 Å². The first-order valence-electron chi connectivity index (χ1n) is 10.6. The van der Waals surface area contributed by atoms with Crippen LogP contribution >= 0.6 is 24.0 Å². The minimum Gasteiger partial charge on any atom is -0.490 e. The van der Waals surface area contributed by atoms with Gasteiger partial charge in [0.05, 0.1) is 18.3 Å². The molecule has 1 aromatic heterocycles. The molecule has 0 aliphatic carbocycles. The molecule has 0 aliphatic heterocycles. The molecule has 0 fully saturated rings. The zero-order chi connectivity index (χ0) is 21.2. The highest BCUT2D eigenvalue weighted by Crippen LogP contribution is 2.23. The number of ether oxygens (including phenoxy) is 1. The lowest BCUT2D eigenvalue weighted by Gasteiger charge is -2.17. The third-order valence-electron chi connectivity index (χ3n) is 4.95. The van der Waals surface area contributed by atoms with Gasteiger partial charge in [-0.25, -0.2) is 4.99 Å². The molecule has 0 bridgehead atoms. The van der Waals surface area contributed by atoms with Gasteiger partial charge < -0.3 is 19.9 Å². The Morgan fingerprint density at radius 1 is 1.20 bits per heavy atom. The van der Waals surface area contributed by atoms with Crippen LogP contribution in [0, 0.1) is 20.8 Å². The number of nitrogens with zero attached hydrogens (tertiary/aromatic N) is 2. The first-order chi connectivity index (χ1) is 13.9. The van der Waals surface area contributed by atoms with Crippen molar-refractivity contribution in [2.75, 3.05) is 13.1 Å². The summed E-state index contributed by atoms with van der Waals surface area (Å²) in [5.74, 6) is 2.66. The van der Waals surface area contributed by atoms with Gasteiger partial charge in [0.25, 0.3) is 0 Å². The van der Waals surface area contributed by atoms with E-state index in [1.54, 1.807) is 0 Å². The van der Waals surface area contributed by atoms with Crippen LogP contribution in [0.1, 0.15) is 61.8 Å². The van der Waals surface area contributed by atoms with Crippen molar-refractivity contribution in [3.63, 3.8) is 0 Å². The molecular weight excluding hydrogens is 491 g/mol. The Balaban J connectivity index is 0.00000450. The van der Waals surface area contributed by atoms with Crippen LogP contribution in [0.4, 0.5) is 0 Å². The van der Waals surface area contributed by atoms with E-state index in [2.05, 4.69) is 61.7 Å². The largest absolute Gasteiger partial charge is 0.490 e. The molecule has 1 atom stereocenters. The fourth-order valence-corrected chi connectivity index (χ4v) is 3.04. The lowest BCUT2D eigenvalue weighted by molar-refractivity contribution is 0.215. The summed E-state index contributed by atoms with van der Waals surface area (Å²) in [7, 11) is 0. The summed E-state index contributed by atoms with van der Waals surface area (Å²) < 4.78 is 11.3. The molecule has 30 heavy (non-hydrogen) atoms. The van der Waals surface area contributed by atoms with Crippen molar-refractivity contribution in [1.29, 1.82) is 0 Å². The van der Waals surface area contributed by atoms with Crippen molar-refractivity contribution < 1.29 is 9.26 Å². The lowest BCUT2D eigenvalue weighted by Crippen LogP contribution is -2.37. The van der Waals surface area contributed by atoms with E-state index >= 15 is 0 Å². The molecule has 0 amide bonds. The van der Waals surface area contributed by atoms with Crippen LogP contribution in [-0.4, -0.2) is 30.3 Å². The van der Waals surface area contributed by atoms with Crippen LogP contribution in [0.25, 0.3) is 0 Å². The van der Waals surface area contributed by atoms with Gasteiger partial charge in [-0.2, -0.15) is 0 Å². The molecule has 168 valence electrons. The number of aryl methyl sites for hydroxylation is 3. The zero-order valence-electron chi connectivity index (χ0n) is 19.2. The van der Waals surface area contributed by atoms with E-state index in [0.29, 0.717) is 6.54 Å². The van der Waals surface area contributed by atoms with Crippen molar-refractivity contribution in [2.24, 2.45) is 4.99 Å². The van der Waals surface area contributed by atoms with Crippen molar-refractivity contribution in [3.8, 4) is 5.75 Å². The van der Waals surface area contributed by atoms with Crippen LogP contribution in [-0.2, 0) is 13.0 Å². The quantitative estimate of drug-likeness (QED) is 0.195. The summed E-state index contributed by atoms with van der Waals surface area (Å²) in [6, 6.07) is 6.32. The van der Waals surface area contributed by atoms with Crippen LogP contribution in [0.3, 0.4) is 0 Å². The van der Waals surface area contributed by atoms with E-state index in [1.165, 1.54) is 11.1 Å². The maximum absolute atomic E-state index is 6.11. The number of aliphatic imine (C=N–C) groups is 1. The second-order valence-electron chi connectivity index (χ2n) is 7.48. The van der Waals surface area contributed by atoms with Crippen molar-refractivity contribution in [1.82, 2.24) is 15.8 Å². The first kappa shape index (κ1) is 26.3. The summed E-state index contributed by atoms with van der Waals surface area (Å²) in [6.45, 7) is 14.6. The Hall–Kier alpha value is -1.77. The first-order valence-corrected chi connectivity index (χ1v) is 10.6. The molecule has 0 aliphatic rings. The average Bonchev–Trinajstić information content (AvgIpc) is 3.02. The molecular formula is C23H37IN4O2. The second kappa shape index (κ2) is 13.5. The molecule has 1 heterocycles. The maximum Gasteiger partial charge on any atom is 0.191 e. The van der Waals surface area contributed by atoms with Gasteiger partial charge in [-0.15, -0.1) is 24.0 Å². The molecule has 2 aromatic rings. The molecule has 1 aromatic carbocycles. The smallest absolute Gasteiger partial charge is 0.191 e. The standard InChI is InChI=1S/C23H36N4O2.HI/c1-7-17(4)28-22-14-16(3)11-12-20(22)15-26-23(24-8-2)25-13-9-10-21-18(5)27-29-19(21)6;/h11-12,14,17H,7-10,13,15H2,1-6H3,(H2,24,25,26);1H.